The number of ether oxygens (including phenoxy) is 2. The van der Waals surface area contributed by atoms with E-state index < -0.39 is 17.9 Å². The summed E-state index contributed by atoms with van der Waals surface area (Å²) in [5.74, 6) is -0.660. The lowest BCUT2D eigenvalue weighted by molar-refractivity contribution is -0.142. The van der Waals surface area contributed by atoms with Crippen LogP contribution >= 0.6 is 0 Å². The second-order valence-corrected chi connectivity index (χ2v) is 4.15. The van der Waals surface area contributed by atoms with E-state index in [0.717, 1.165) is 0 Å². The van der Waals surface area contributed by atoms with Gasteiger partial charge in [-0.25, -0.2) is 4.79 Å². The maximum atomic E-state index is 11.7. The molecule has 0 radical (unpaired) electrons. The third-order valence-electron chi connectivity index (χ3n) is 2.54. The van der Waals surface area contributed by atoms with Crippen LogP contribution in [0.4, 0.5) is 0 Å². The number of aliphatic carboxylic acids is 1. The van der Waals surface area contributed by atoms with Gasteiger partial charge in [-0.3, -0.25) is 4.79 Å². The van der Waals surface area contributed by atoms with Gasteiger partial charge in [0.05, 0.1) is 6.61 Å². The van der Waals surface area contributed by atoms with Gasteiger partial charge in [-0.1, -0.05) is 18.2 Å². The largest absolute Gasteiger partial charge is 0.490 e. The highest BCUT2D eigenvalue weighted by Crippen LogP contribution is 2.26. The molecule has 21 heavy (non-hydrogen) atoms. The predicted molar refractivity (Wildman–Crippen MR) is 77.5 cm³/mol. The summed E-state index contributed by atoms with van der Waals surface area (Å²) in [6.45, 7) is 5.49. The van der Waals surface area contributed by atoms with Crippen LogP contribution < -0.4 is 14.8 Å². The number of carbonyl (C=O) groups is 2. The lowest BCUT2D eigenvalue weighted by Gasteiger charge is -2.14. The Morgan fingerprint density at radius 2 is 1.95 bits per heavy atom. The van der Waals surface area contributed by atoms with Crippen LogP contribution in [0.2, 0.25) is 0 Å². The highest BCUT2D eigenvalue weighted by Gasteiger charge is 2.18. The topological polar surface area (TPSA) is 84.9 Å². The highest BCUT2D eigenvalue weighted by molar-refractivity contribution is 5.84. The Bertz CT molecular complexity index is 501. The summed E-state index contributed by atoms with van der Waals surface area (Å²) in [5.41, 5.74) is 0. The fourth-order valence-electron chi connectivity index (χ4n) is 1.61. The molecule has 2 N–H and O–H groups in total. The second kappa shape index (κ2) is 8.63. The molecule has 0 saturated carbocycles. The van der Waals surface area contributed by atoms with Crippen molar-refractivity contribution in [3.8, 4) is 11.5 Å². The molecule has 0 heterocycles. The zero-order valence-electron chi connectivity index (χ0n) is 11.9. The van der Waals surface area contributed by atoms with Gasteiger partial charge >= 0.3 is 5.97 Å². The van der Waals surface area contributed by atoms with Crippen LogP contribution in [-0.2, 0) is 9.59 Å². The minimum absolute atomic E-state index is 0.149. The summed E-state index contributed by atoms with van der Waals surface area (Å²) in [6, 6.07) is 5.96. The van der Waals surface area contributed by atoms with E-state index in [4.69, 9.17) is 14.6 Å². The number of nitrogens with one attached hydrogen (secondary N) is 1. The number of rotatable bonds is 9. The highest BCUT2D eigenvalue weighted by atomic mass is 16.5. The van der Waals surface area contributed by atoms with E-state index in [1.807, 2.05) is 6.92 Å². The molecule has 0 aliphatic carbocycles. The first-order valence-corrected chi connectivity index (χ1v) is 6.56. The molecular formula is C15H19NO5. The number of carboxylic acid groups (broad SMARTS) is 1. The summed E-state index contributed by atoms with van der Waals surface area (Å²) in [4.78, 5) is 22.6. The average molecular weight is 293 g/mol. The number of benzene rings is 1. The van der Waals surface area contributed by atoms with Crippen molar-refractivity contribution < 1.29 is 24.2 Å². The van der Waals surface area contributed by atoms with E-state index >= 15 is 0 Å². The van der Waals surface area contributed by atoms with Gasteiger partial charge in [0.15, 0.2) is 18.1 Å². The smallest absolute Gasteiger partial charge is 0.326 e. The number of hydrogen-bond acceptors (Lipinski definition) is 4. The first kappa shape index (κ1) is 16.6. The van der Waals surface area contributed by atoms with Crippen molar-refractivity contribution in [1.82, 2.24) is 5.32 Å². The van der Waals surface area contributed by atoms with Crippen molar-refractivity contribution >= 4 is 11.9 Å². The molecule has 1 aromatic rings. The lowest BCUT2D eigenvalue weighted by atomic mass is 10.2. The van der Waals surface area contributed by atoms with Crippen molar-refractivity contribution in [2.45, 2.75) is 19.4 Å². The molecule has 0 fully saturated rings. The van der Waals surface area contributed by atoms with E-state index in [-0.39, 0.29) is 13.0 Å². The number of amides is 1. The molecule has 0 bridgehead atoms. The van der Waals surface area contributed by atoms with Crippen LogP contribution in [0.3, 0.4) is 0 Å². The van der Waals surface area contributed by atoms with Crippen LogP contribution in [0.1, 0.15) is 13.3 Å². The summed E-state index contributed by atoms with van der Waals surface area (Å²) >= 11 is 0. The van der Waals surface area contributed by atoms with Gasteiger partial charge in [-0.2, -0.15) is 0 Å². The average Bonchev–Trinajstić information content (AvgIpc) is 2.46. The summed E-state index contributed by atoms with van der Waals surface area (Å²) in [6.07, 6.45) is 1.58. The van der Waals surface area contributed by atoms with Crippen LogP contribution in [0, 0.1) is 0 Å². The molecule has 1 amide bonds. The second-order valence-electron chi connectivity index (χ2n) is 4.15. The van der Waals surface area contributed by atoms with Gasteiger partial charge in [-0.15, -0.1) is 6.58 Å². The Morgan fingerprint density at radius 1 is 1.33 bits per heavy atom. The molecule has 114 valence electrons. The predicted octanol–water partition coefficient (Wildman–Crippen LogP) is 1.61. The van der Waals surface area contributed by atoms with Crippen LogP contribution in [0.5, 0.6) is 11.5 Å². The number of hydrogen-bond donors (Lipinski definition) is 2. The minimum Gasteiger partial charge on any atom is -0.490 e. The summed E-state index contributed by atoms with van der Waals surface area (Å²) in [7, 11) is 0. The van der Waals surface area contributed by atoms with Crippen molar-refractivity contribution in [2.75, 3.05) is 13.2 Å². The summed E-state index contributed by atoms with van der Waals surface area (Å²) in [5, 5.41) is 11.3. The van der Waals surface area contributed by atoms with Crippen molar-refractivity contribution in [1.29, 1.82) is 0 Å². The molecule has 1 atom stereocenters. The summed E-state index contributed by atoms with van der Waals surface area (Å²) < 4.78 is 10.7. The maximum Gasteiger partial charge on any atom is 0.326 e. The lowest BCUT2D eigenvalue weighted by Crippen LogP contribution is -2.42. The van der Waals surface area contributed by atoms with E-state index in [1.54, 1.807) is 24.3 Å². The standard InChI is InChI=1S/C15H19NO5/c1-3-7-11(15(18)19)16-14(17)10-21-13-9-6-5-8-12(13)20-4-2/h3,5-6,8-9,11H,1,4,7,10H2,2H3,(H,16,17)(H,18,19). The molecule has 0 saturated heterocycles. The molecule has 0 spiro atoms. The molecule has 0 aliphatic rings. The van der Waals surface area contributed by atoms with E-state index in [0.29, 0.717) is 18.1 Å². The van der Waals surface area contributed by atoms with Crippen molar-refractivity contribution in [3.05, 3.63) is 36.9 Å². The minimum atomic E-state index is -1.11. The van der Waals surface area contributed by atoms with Crippen LogP contribution in [-0.4, -0.2) is 36.2 Å². The molecule has 0 aromatic heterocycles. The van der Waals surface area contributed by atoms with Gasteiger partial charge in [0.1, 0.15) is 6.04 Å². The first-order valence-electron chi connectivity index (χ1n) is 6.56. The fourth-order valence-corrected chi connectivity index (χ4v) is 1.61. The number of carboxylic acids is 1. The molecule has 0 aliphatic heterocycles. The van der Waals surface area contributed by atoms with Crippen molar-refractivity contribution in [3.63, 3.8) is 0 Å². The third-order valence-corrected chi connectivity index (χ3v) is 2.54. The van der Waals surface area contributed by atoms with E-state index in [2.05, 4.69) is 11.9 Å². The SMILES string of the molecule is C=CCC(NC(=O)COc1ccccc1OCC)C(=O)O. The molecule has 1 unspecified atom stereocenters. The Labute approximate surface area is 123 Å². The van der Waals surface area contributed by atoms with Crippen LogP contribution in [0.25, 0.3) is 0 Å². The van der Waals surface area contributed by atoms with Crippen molar-refractivity contribution in [2.24, 2.45) is 0 Å². The van der Waals surface area contributed by atoms with Crippen LogP contribution in [0.15, 0.2) is 36.9 Å². The normalized spacial score (nSPS) is 11.3. The monoisotopic (exact) mass is 293 g/mol. The van der Waals surface area contributed by atoms with Gasteiger partial charge in [-0.05, 0) is 25.5 Å². The first-order chi connectivity index (χ1) is 10.1. The van der Waals surface area contributed by atoms with Gasteiger partial charge < -0.3 is 19.9 Å². The molecule has 1 rings (SSSR count). The maximum absolute atomic E-state index is 11.7. The Balaban J connectivity index is 2.56. The number of para-hydroxylation sites is 2. The Morgan fingerprint density at radius 3 is 2.48 bits per heavy atom. The molecule has 1 aromatic carbocycles. The quantitative estimate of drug-likeness (QED) is 0.676. The molecular weight excluding hydrogens is 274 g/mol. The van der Waals surface area contributed by atoms with Gasteiger partial charge in [0, 0.05) is 0 Å². The molecule has 6 nitrogen and oxygen atoms in total. The Kier molecular flexibility index (Phi) is 6.80. The fraction of sp³-hybridized carbons (Fsp3) is 0.333. The number of carbonyl (C=O) groups excluding carboxylic acids is 1. The Hall–Kier alpha value is -2.50. The third kappa shape index (κ3) is 5.56. The van der Waals surface area contributed by atoms with E-state index in [1.165, 1.54) is 6.08 Å². The van der Waals surface area contributed by atoms with Gasteiger partial charge in [0.2, 0.25) is 0 Å². The molecule has 6 heteroatoms. The van der Waals surface area contributed by atoms with E-state index in [9.17, 15) is 9.59 Å². The zero-order chi connectivity index (χ0) is 15.7. The zero-order valence-corrected chi connectivity index (χ0v) is 11.9. The van der Waals surface area contributed by atoms with Gasteiger partial charge in [0.25, 0.3) is 5.91 Å².